The van der Waals surface area contributed by atoms with E-state index in [0.717, 1.165) is 11.3 Å². The number of sulfonamides is 2. The van der Waals surface area contributed by atoms with Gasteiger partial charge in [0.05, 0.1) is 15.7 Å². The van der Waals surface area contributed by atoms with E-state index in [1.807, 2.05) is 0 Å². The molecule has 3 rings (SSSR count). The Morgan fingerprint density at radius 1 is 1.04 bits per heavy atom. The van der Waals surface area contributed by atoms with E-state index in [-0.39, 0.29) is 35.3 Å². The first-order valence-corrected chi connectivity index (χ1v) is 12.0. The second kappa shape index (κ2) is 7.21. The van der Waals surface area contributed by atoms with Crippen molar-refractivity contribution in [1.29, 1.82) is 0 Å². The van der Waals surface area contributed by atoms with E-state index in [1.165, 1.54) is 20.7 Å². The molecule has 0 spiro atoms. The summed E-state index contributed by atoms with van der Waals surface area (Å²) < 4.78 is 54.6. The lowest BCUT2D eigenvalue weighted by molar-refractivity contribution is 0.405. The van der Waals surface area contributed by atoms with Crippen molar-refractivity contribution < 1.29 is 16.8 Å². The Kier molecular flexibility index (Phi) is 5.48. The Morgan fingerprint density at radius 3 is 2.15 bits per heavy atom. The molecule has 12 heteroatoms. The first kappa shape index (κ1) is 19.8. The maximum Gasteiger partial charge on any atom is 0.252 e. The number of nitrogens with zero attached hydrogens (tertiary/aromatic N) is 3. The third-order valence-electron chi connectivity index (χ3n) is 4.21. The fraction of sp³-hybridized carbons (Fsp3) is 0.500. The molecule has 0 aromatic carbocycles. The van der Waals surface area contributed by atoms with Gasteiger partial charge in [-0.2, -0.15) is 13.7 Å². The molecule has 1 N–H and O–H groups in total. The highest BCUT2D eigenvalue weighted by Gasteiger charge is 2.34. The zero-order chi connectivity index (χ0) is 19.1. The third-order valence-corrected chi connectivity index (χ3v) is 9.97. The fourth-order valence-corrected chi connectivity index (χ4v) is 7.87. The Hall–Kier alpha value is -0.980. The summed E-state index contributed by atoms with van der Waals surface area (Å²) in [5.41, 5.74) is 0.883. The number of nitrogens with one attached hydrogen (secondary N) is 1. The minimum atomic E-state index is -3.73. The summed E-state index contributed by atoms with van der Waals surface area (Å²) in [5, 5.41) is 6.63. The van der Waals surface area contributed by atoms with Crippen molar-refractivity contribution in [3.05, 3.63) is 27.9 Å². The summed E-state index contributed by atoms with van der Waals surface area (Å²) >= 11 is 6.84. The maximum absolute atomic E-state index is 13.0. The molecule has 2 aromatic heterocycles. The zero-order valence-corrected chi connectivity index (χ0v) is 17.5. The van der Waals surface area contributed by atoms with Crippen molar-refractivity contribution in [3.63, 3.8) is 0 Å². The van der Waals surface area contributed by atoms with Gasteiger partial charge in [-0.15, -0.1) is 11.3 Å². The summed E-state index contributed by atoms with van der Waals surface area (Å²) in [6.07, 6.45) is 0.410. The molecular weight excluding hydrogens is 420 g/mol. The second-order valence-electron chi connectivity index (χ2n) is 5.98. The van der Waals surface area contributed by atoms with E-state index in [2.05, 4.69) is 10.2 Å². The number of H-pyrrole nitrogens is 1. The Bertz CT molecular complexity index is 993. The SMILES string of the molecule is Cc1n[nH]c(C)c1S(=O)(=O)N1CCCN(S(=O)(=O)c2ccc(Cl)s2)CC1. The summed E-state index contributed by atoms with van der Waals surface area (Å²) in [4.78, 5) is 0.166. The fourth-order valence-electron chi connectivity index (χ4n) is 2.96. The van der Waals surface area contributed by atoms with Gasteiger partial charge in [0.1, 0.15) is 9.10 Å². The van der Waals surface area contributed by atoms with Crippen LogP contribution in [0.2, 0.25) is 4.34 Å². The van der Waals surface area contributed by atoms with Gasteiger partial charge in [-0.25, -0.2) is 16.8 Å². The average Bonchev–Trinajstić information content (AvgIpc) is 3.04. The van der Waals surface area contributed by atoms with Crippen LogP contribution in [0, 0.1) is 13.8 Å². The molecule has 26 heavy (non-hydrogen) atoms. The van der Waals surface area contributed by atoms with Gasteiger partial charge in [-0.1, -0.05) is 11.6 Å². The Labute approximate surface area is 161 Å². The van der Waals surface area contributed by atoms with E-state index < -0.39 is 20.0 Å². The predicted molar refractivity (Wildman–Crippen MR) is 99.5 cm³/mol. The number of aryl methyl sites for hydroxylation is 2. The van der Waals surface area contributed by atoms with E-state index in [9.17, 15) is 16.8 Å². The van der Waals surface area contributed by atoms with Gasteiger partial charge in [0, 0.05) is 26.2 Å². The molecule has 0 amide bonds. The van der Waals surface area contributed by atoms with Crippen LogP contribution in [-0.4, -0.2) is 61.8 Å². The monoisotopic (exact) mass is 438 g/mol. The highest BCUT2D eigenvalue weighted by atomic mass is 35.5. The van der Waals surface area contributed by atoms with E-state index in [4.69, 9.17) is 11.6 Å². The van der Waals surface area contributed by atoms with Gasteiger partial charge >= 0.3 is 0 Å². The lowest BCUT2D eigenvalue weighted by Gasteiger charge is -2.21. The summed E-state index contributed by atoms with van der Waals surface area (Å²) in [6, 6.07) is 3.01. The molecular formula is C14H19ClN4O4S3. The molecule has 1 aliphatic heterocycles. The van der Waals surface area contributed by atoms with Crippen molar-refractivity contribution in [2.24, 2.45) is 0 Å². The molecule has 0 aliphatic carbocycles. The lowest BCUT2D eigenvalue weighted by atomic mass is 10.4. The molecule has 1 aliphatic rings. The molecule has 0 radical (unpaired) electrons. The number of aromatic nitrogens is 2. The van der Waals surface area contributed by atoms with E-state index >= 15 is 0 Å². The molecule has 1 fully saturated rings. The zero-order valence-electron chi connectivity index (χ0n) is 14.3. The topological polar surface area (TPSA) is 103 Å². The quantitative estimate of drug-likeness (QED) is 0.784. The standard InChI is InChI=1S/C14H19ClN4O4S3/c1-10-14(11(2)17-16-10)26(22,23)19-7-3-6-18(8-9-19)25(20,21)13-5-4-12(15)24-13/h4-5H,3,6-9H2,1-2H3,(H,16,17). The summed E-state index contributed by atoms with van der Waals surface area (Å²) in [5.74, 6) is 0. The first-order chi connectivity index (χ1) is 12.1. The van der Waals surface area contributed by atoms with Crippen molar-refractivity contribution in [3.8, 4) is 0 Å². The first-order valence-electron chi connectivity index (χ1n) is 7.91. The van der Waals surface area contributed by atoms with E-state index in [0.29, 0.717) is 22.1 Å². The number of hydrogen-bond donors (Lipinski definition) is 1. The van der Waals surface area contributed by atoms with Crippen molar-refractivity contribution in [2.45, 2.75) is 29.4 Å². The molecule has 0 unspecified atom stereocenters. The predicted octanol–water partition coefficient (Wildman–Crippen LogP) is 1.83. The summed E-state index contributed by atoms with van der Waals surface area (Å²) in [7, 11) is -7.41. The minimum absolute atomic E-state index is 0.0880. The van der Waals surface area contributed by atoms with Gasteiger partial charge in [-0.3, -0.25) is 5.10 Å². The molecule has 0 saturated carbocycles. The van der Waals surface area contributed by atoms with Gasteiger partial charge in [0.25, 0.3) is 10.0 Å². The maximum atomic E-state index is 13.0. The van der Waals surface area contributed by atoms with Crippen LogP contribution in [0.3, 0.4) is 0 Å². The van der Waals surface area contributed by atoms with Crippen LogP contribution in [0.5, 0.6) is 0 Å². The Balaban J connectivity index is 1.83. The molecule has 1 saturated heterocycles. The van der Waals surface area contributed by atoms with Gasteiger partial charge in [-0.05, 0) is 32.4 Å². The van der Waals surface area contributed by atoms with Crippen LogP contribution in [-0.2, 0) is 20.0 Å². The number of hydrogen-bond acceptors (Lipinski definition) is 6. The van der Waals surface area contributed by atoms with Crippen LogP contribution in [0.25, 0.3) is 0 Å². The van der Waals surface area contributed by atoms with Crippen molar-refractivity contribution >= 4 is 43.0 Å². The van der Waals surface area contributed by atoms with Crippen LogP contribution >= 0.6 is 22.9 Å². The van der Waals surface area contributed by atoms with Gasteiger partial charge in [0.15, 0.2) is 0 Å². The molecule has 144 valence electrons. The van der Waals surface area contributed by atoms with E-state index in [1.54, 1.807) is 13.8 Å². The van der Waals surface area contributed by atoms with Crippen LogP contribution in [0.1, 0.15) is 17.8 Å². The molecule has 2 aromatic rings. The molecule has 8 nitrogen and oxygen atoms in total. The smallest absolute Gasteiger partial charge is 0.252 e. The molecule has 0 atom stereocenters. The van der Waals surface area contributed by atoms with Crippen LogP contribution in [0.4, 0.5) is 0 Å². The number of rotatable bonds is 4. The highest BCUT2D eigenvalue weighted by molar-refractivity contribution is 7.91. The number of aromatic amines is 1. The second-order valence-corrected chi connectivity index (χ2v) is 11.7. The Morgan fingerprint density at radius 2 is 1.65 bits per heavy atom. The summed E-state index contributed by atoms with van der Waals surface area (Å²) in [6.45, 7) is 3.97. The van der Waals surface area contributed by atoms with Crippen LogP contribution < -0.4 is 0 Å². The van der Waals surface area contributed by atoms with Gasteiger partial charge in [0.2, 0.25) is 10.0 Å². The lowest BCUT2D eigenvalue weighted by Crippen LogP contribution is -2.37. The molecule has 0 bridgehead atoms. The van der Waals surface area contributed by atoms with Crippen LogP contribution in [0.15, 0.2) is 21.2 Å². The number of halogens is 1. The number of thiophene rings is 1. The largest absolute Gasteiger partial charge is 0.281 e. The third kappa shape index (κ3) is 3.56. The highest BCUT2D eigenvalue weighted by Crippen LogP contribution is 2.29. The normalized spacial score (nSPS) is 18.1. The molecule has 3 heterocycles. The minimum Gasteiger partial charge on any atom is -0.281 e. The average molecular weight is 439 g/mol. The van der Waals surface area contributed by atoms with Crippen molar-refractivity contribution in [1.82, 2.24) is 18.8 Å². The van der Waals surface area contributed by atoms with Gasteiger partial charge < -0.3 is 0 Å². The van der Waals surface area contributed by atoms with Crippen molar-refractivity contribution in [2.75, 3.05) is 26.2 Å².